The molecule has 19 nitrogen and oxygen atoms in total. The quantitative estimate of drug-likeness (QED) is 0.0364. The van der Waals surface area contributed by atoms with Crippen LogP contribution in [0.2, 0.25) is 0 Å². The second kappa shape index (κ2) is 19.9. The van der Waals surface area contributed by atoms with Gasteiger partial charge in [0.05, 0.1) is 12.5 Å². The van der Waals surface area contributed by atoms with Crippen molar-refractivity contribution in [2.45, 2.75) is 82.6 Å². The molecule has 48 heavy (non-hydrogen) atoms. The number of nitrogens with one attached hydrogen (secondary N) is 6. The van der Waals surface area contributed by atoms with Crippen LogP contribution < -0.4 is 38.1 Å². The molecule has 0 saturated carbocycles. The summed E-state index contributed by atoms with van der Waals surface area (Å²) in [5.74, 6) is -9.15. The van der Waals surface area contributed by atoms with Crippen LogP contribution in [0.3, 0.4) is 0 Å². The van der Waals surface area contributed by atoms with Crippen LogP contribution in [0.5, 0.6) is 5.75 Å². The van der Waals surface area contributed by atoms with Gasteiger partial charge in [-0.1, -0.05) is 26.0 Å². The number of aliphatic carboxylic acids is 3. The third-order valence-corrected chi connectivity index (χ3v) is 6.87. The average Bonchev–Trinajstić information content (AvgIpc) is 2.99. The molecular weight excluding hydrogens is 636 g/mol. The monoisotopic (exact) mass is 680 g/mol. The van der Waals surface area contributed by atoms with Crippen molar-refractivity contribution in [1.29, 1.82) is 5.41 Å². The van der Waals surface area contributed by atoms with E-state index in [1.165, 1.54) is 38.1 Å². The molecule has 0 heterocycles. The van der Waals surface area contributed by atoms with Crippen molar-refractivity contribution in [3.8, 4) is 5.75 Å². The summed E-state index contributed by atoms with van der Waals surface area (Å²) in [5.41, 5.74) is 11.5. The number of carboxylic acid groups (broad SMARTS) is 3. The van der Waals surface area contributed by atoms with Crippen LogP contribution in [0.1, 0.15) is 51.5 Å². The molecule has 0 fully saturated rings. The topological polar surface area (TPSA) is 336 Å². The number of carbonyl (C=O) groups excluding carboxylic acids is 4. The first kappa shape index (κ1) is 40.6. The molecule has 1 aromatic rings. The number of hydrogen-bond donors (Lipinski definition) is 12. The third-order valence-electron chi connectivity index (χ3n) is 6.87. The van der Waals surface area contributed by atoms with E-state index >= 15 is 0 Å². The molecule has 5 atom stereocenters. The van der Waals surface area contributed by atoms with E-state index in [2.05, 4.69) is 26.6 Å². The van der Waals surface area contributed by atoms with Crippen molar-refractivity contribution in [2.24, 2.45) is 17.4 Å². The summed E-state index contributed by atoms with van der Waals surface area (Å²) < 4.78 is 0. The maximum Gasteiger partial charge on any atom is 0.326 e. The van der Waals surface area contributed by atoms with Crippen LogP contribution in [0.15, 0.2) is 24.3 Å². The maximum atomic E-state index is 13.2. The number of carboxylic acids is 3. The highest BCUT2D eigenvalue weighted by Gasteiger charge is 2.34. The molecule has 0 aliphatic heterocycles. The molecule has 0 saturated heterocycles. The van der Waals surface area contributed by atoms with Crippen LogP contribution in [-0.4, -0.2) is 105 Å². The zero-order valence-electron chi connectivity index (χ0n) is 26.5. The van der Waals surface area contributed by atoms with Crippen LogP contribution in [0.4, 0.5) is 0 Å². The highest BCUT2D eigenvalue weighted by molar-refractivity contribution is 5.97. The highest BCUT2D eigenvalue weighted by atomic mass is 16.4. The fourth-order valence-corrected chi connectivity index (χ4v) is 4.27. The van der Waals surface area contributed by atoms with Crippen molar-refractivity contribution < 1.29 is 54.0 Å². The summed E-state index contributed by atoms with van der Waals surface area (Å²) in [6, 6.07) is -1.70. The molecule has 0 radical (unpaired) electrons. The number of guanidine groups is 1. The first-order valence-corrected chi connectivity index (χ1v) is 14.9. The van der Waals surface area contributed by atoms with Gasteiger partial charge < -0.3 is 58.5 Å². The van der Waals surface area contributed by atoms with Gasteiger partial charge in [0.2, 0.25) is 23.6 Å². The van der Waals surface area contributed by atoms with E-state index in [9.17, 15) is 48.9 Å². The Morgan fingerprint density at radius 1 is 0.771 bits per heavy atom. The van der Waals surface area contributed by atoms with Crippen molar-refractivity contribution in [3.63, 3.8) is 0 Å². The SMILES string of the molecule is CC(C)[C@H](NC(=O)[C@H](CC(=O)O)NC(=O)[C@H](CCC(=O)O)NC(=O)[C@@H](N)CCCNC(=N)N)C(=O)N[C@@H](Cc1ccc(O)cc1)C(=O)O. The highest BCUT2D eigenvalue weighted by Crippen LogP contribution is 2.12. The van der Waals surface area contributed by atoms with Crippen molar-refractivity contribution >= 4 is 47.5 Å². The second-order valence-corrected chi connectivity index (χ2v) is 11.2. The van der Waals surface area contributed by atoms with Crippen LogP contribution in [0.25, 0.3) is 0 Å². The number of hydrogen-bond acceptors (Lipinski definition) is 10. The molecule has 0 bridgehead atoms. The normalized spacial score (nSPS) is 13.9. The van der Waals surface area contributed by atoms with E-state index in [0.717, 1.165) is 0 Å². The average molecular weight is 681 g/mol. The number of aromatic hydroxyl groups is 1. The third kappa shape index (κ3) is 15.2. The summed E-state index contributed by atoms with van der Waals surface area (Å²) >= 11 is 0. The molecule has 266 valence electrons. The predicted octanol–water partition coefficient (Wildman–Crippen LogP) is -2.46. The number of benzene rings is 1. The second-order valence-electron chi connectivity index (χ2n) is 11.2. The Bertz CT molecular complexity index is 1320. The zero-order chi connectivity index (χ0) is 36.6. The lowest BCUT2D eigenvalue weighted by atomic mass is 10.0. The van der Waals surface area contributed by atoms with Gasteiger partial charge in [0.15, 0.2) is 5.96 Å². The molecule has 0 aliphatic carbocycles. The van der Waals surface area contributed by atoms with Crippen LogP contribution in [0, 0.1) is 11.3 Å². The summed E-state index contributed by atoms with van der Waals surface area (Å²) in [6.07, 6.45) is -1.75. The largest absolute Gasteiger partial charge is 0.508 e. The molecule has 1 rings (SSSR count). The maximum absolute atomic E-state index is 13.2. The van der Waals surface area contributed by atoms with Crippen LogP contribution >= 0.6 is 0 Å². The Morgan fingerprint density at radius 3 is 1.85 bits per heavy atom. The summed E-state index contributed by atoms with van der Waals surface area (Å²) in [7, 11) is 0. The summed E-state index contributed by atoms with van der Waals surface area (Å²) in [4.78, 5) is 86.9. The van der Waals surface area contributed by atoms with Gasteiger partial charge in [-0.15, -0.1) is 0 Å². The first-order chi connectivity index (χ1) is 22.4. The smallest absolute Gasteiger partial charge is 0.326 e. The summed E-state index contributed by atoms with van der Waals surface area (Å²) in [5, 5.41) is 56.5. The van der Waals surface area contributed by atoms with Gasteiger partial charge in [0.25, 0.3) is 0 Å². The number of amides is 4. The Hall–Kier alpha value is -5.46. The van der Waals surface area contributed by atoms with Gasteiger partial charge in [-0.3, -0.25) is 34.2 Å². The molecule has 14 N–H and O–H groups in total. The van der Waals surface area contributed by atoms with Crippen LogP contribution in [-0.2, 0) is 40.0 Å². The fraction of sp³-hybridized carbons (Fsp3) is 0.517. The van der Waals surface area contributed by atoms with Gasteiger partial charge in [-0.25, -0.2) is 4.79 Å². The molecule has 0 spiro atoms. The molecular formula is C29H44N8O11. The molecule has 4 amide bonds. The minimum atomic E-state index is -1.80. The van der Waals surface area contributed by atoms with E-state index in [-0.39, 0.29) is 31.1 Å². The van der Waals surface area contributed by atoms with Gasteiger partial charge in [0.1, 0.15) is 29.9 Å². The molecule has 0 unspecified atom stereocenters. The Labute approximate surface area is 275 Å². The molecule has 19 heteroatoms. The van der Waals surface area contributed by atoms with E-state index < -0.39 is 96.9 Å². The Kier molecular flexibility index (Phi) is 16.8. The summed E-state index contributed by atoms with van der Waals surface area (Å²) in [6.45, 7) is 3.29. The van der Waals surface area contributed by atoms with E-state index in [1.807, 2.05) is 0 Å². The minimum Gasteiger partial charge on any atom is -0.508 e. The van der Waals surface area contributed by atoms with E-state index in [4.69, 9.17) is 22.0 Å². The van der Waals surface area contributed by atoms with Crippen molar-refractivity contribution in [3.05, 3.63) is 29.8 Å². The number of phenolic OH excluding ortho intramolecular Hbond substituents is 1. The van der Waals surface area contributed by atoms with E-state index in [1.54, 1.807) is 0 Å². The first-order valence-electron chi connectivity index (χ1n) is 14.9. The van der Waals surface area contributed by atoms with Gasteiger partial charge >= 0.3 is 17.9 Å². The minimum absolute atomic E-state index is 0.0466. The molecule has 0 aromatic heterocycles. The number of rotatable bonds is 21. The van der Waals surface area contributed by atoms with Crippen molar-refractivity contribution in [2.75, 3.05) is 6.54 Å². The van der Waals surface area contributed by atoms with E-state index in [0.29, 0.717) is 12.0 Å². The lowest BCUT2D eigenvalue weighted by Gasteiger charge is -2.27. The lowest BCUT2D eigenvalue weighted by Crippen LogP contribution is -2.60. The fourth-order valence-electron chi connectivity index (χ4n) is 4.27. The van der Waals surface area contributed by atoms with Gasteiger partial charge in [-0.05, 0) is 42.9 Å². The number of nitrogens with two attached hydrogens (primary N) is 2. The standard InChI is InChI=1S/C29H44N8O11/c1-14(2)23(27(46)36-20(28(47)48)12-15-5-7-16(38)8-6-15)37-26(45)19(13-22(41)42)35-25(44)18(9-10-21(39)40)34-24(43)17(30)4-3-11-33-29(31)32/h5-8,14,17-20,23,38H,3-4,9-13,30H2,1-2H3,(H,34,43)(H,35,44)(H,36,46)(H,37,45)(H,39,40)(H,41,42)(H,47,48)(H4,31,32,33)/t17-,18-,19-,20-,23-/m0/s1. The van der Waals surface area contributed by atoms with Gasteiger partial charge in [-0.2, -0.15) is 0 Å². The van der Waals surface area contributed by atoms with Gasteiger partial charge in [0, 0.05) is 19.4 Å². The number of phenols is 1. The predicted molar refractivity (Wildman–Crippen MR) is 168 cm³/mol. The number of carbonyl (C=O) groups is 7. The Balaban J connectivity index is 3.08. The molecule has 1 aromatic carbocycles. The zero-order valence-corrected chi connectivity index (χ0v) is 26.5. The molecule has 0 aliphatic rings. The Morgan fingerprint density at radius 2 is 1.33 bits per heavy atom. The lowest BCUT2D eigenvalue weighted by molar-refractivity contribution is -0.143. The van der Waals surface area contributed by atoms with Crippen molar-refractivity contribution in [1.82, 2.24) is 26.6 Å².